The predicted molar refractivity (Wildman–Crippen MR) is 100 cm³/mol. The van der Waals surface area contributed by atoms with Crippen molar-refractivity contribution in [3.05, 3.63) is 22.4 Å². The topological polar surface area (TPSA) is 70.1 Å². The molecule has 0 saturated carbocycles. The monoisotopic (exact) mass is 380 g/mol. The molecule has 0 bridgehead atoms. The van der Waals surface area contributed by atoms with Gasteiger partial charge in [0.25, 0.3) is 0 Å². The van der Waals surface area contributed by atoms with E-state index in [0.29, 0.717) is 19.5 Å². The third kappa shape index (κ3) is 5.53. The zero-order chi connectivity index (χ0) is 18.4. The molecule has 1 amide bonds. The Labute approximate surface area is 158 Å². The van der Waals surface area contributed by atoms with Gasteiger partial charge in [-0.3, -0.25) is 14.5 Å². The van der Waals surface area contributed by atoms with Gasteiger partial charge in [0, 0.05) is 37.5 Å². The van der Waals surface area contributed by atoms with Crippen LogP contribution < -0.4 is 0 Å². The molecule has 2 aliphatic rings. The molecule has 3 heterocycles. The fourth-order valence-corrected chi connectivity index (χ4v) is 4.67. The first-order valence-corrected chi connectivity index (χ1v) is 10.3. The fourth-order valence-electron chi connectivity index (χ4n) is 3.97. The maximum absolute atomic E-state index is 12.6. The van der Waals surface area contributed by atoms with Gasteiger partial charge in [-0.25, -0.2) is 0 Å². The van der Waals surface area contributed by atoms with Crippen molar-refractivity contribution < 1.29 is 19.4 Å². The van der Waals surface area contributed by atoms with E-state index >= 15 is 0 Å². The van der Waals surface area contributed by atoms with Crippen molar-refractivity contribution in [2.75, 3.05) is 45.9 Å². The number of amides is 1. The highest BCUT2D eigenvalue weighted by Crippen LogP contribution is 2.30. The van der Waals surface area contributed by atoms with Crippen LogP contribution in [-0.2, 0) is 20.7 Å². The van der Waals surface area contributed by atoms with Crippen molar-refractivity contribution in [1.29, 1.82) is 0 Å². The average Bonchev–Trinajstić information content (AvgIpc) is 3.14. The minimum absolute atomic E-state index is 0.164. The average molecular weight is 381 g/mol. The molecule has 2 unspecified atom stereocenters. The van der Waals surface area contributed by atoms with Crippen LogP contribution in [0, 0.1) is 11.8 Å². The molecule has 1 aromatic rings. The Balaban J connectivity index is 1.56. The summed E-state index contributed by atoms with van der Waals surface area (Å²) >= 11 is 1.61. The SMILES string of the molecule is O=C(O)CC1CCN(C(=O)Cc2cccs2)CC1CCN1CCOCC1. The molecular weight excluding hydrogens is 352 g/mol. The number of carboxylic acid groups (broad SMARTS) is 1. The lowest BCUT2D eigenvalue weighted by molar-refractivity contribution is -0.139. The van der Waals surface area contributed by atoms with Crippen LogP contribution >= 0.6 is 11.3 Å². The molecule has 2 saturated heterocycles. The minimum Gasteiger partial charge on any atom is -0.481 e. The van der Waals surface area contributed by atoms with Gasteiger partial charge in [0.05, 0.1) is 19.6 Å². The van der Waals surface area contributed by atoms with Gasteiger partial charge in [0.1, 0.15) is 0 Å². The molecular formula is C19H28N2O4S. The number of carbonyl (C=O) groups excluding carboxylic acids is 1. The summed E-state index contributed by atoms with van der Waals surface area (Å²) in [5.74, 6) is -0.142. The first-order valence-electron chi connectivity index (χ1n) is 9.44. The number of thiophene rings is 1. The largest absolute Gasteiger partial charge is 0.481 e. The third-order valence-electron chi connectivity index (χ3n) is 5.51. The van der Waals surface area contributed by atoms with Gasteiger partial charge in [0.15, 0.2) is 0 Å². The lowest BCUT2D eigenvalue weighted by Gasteiger charge is -2.39. The zero-order valence-corrected chi connectivity index (χ0v) is 16.0. The Bertz CT molecular complexity index is 586. The lowest BCUT2D eigenvalue weighted by atomic mass is 9.81. The number of ether oxygens (including phenoxy) is 1. The molecule has 1 aromatic heterocycles. The van der Waals surface area contributed by atoms with Crippen molar-refractivity contribution in [2.45, 2.75) is 25.7 Å². The van der Waals surface area contributed by atoms with Crippen LogP contribution in [0.3, 0.4) is 0 Å². The summed E-state index contributed by atoms with van der Waals surface area (Å²) in [7, 11) is 0. The normalized spacial score (nSPS) is 24.5. The second kappa shape index (κ2) is 9.48. The van der Waals surface area contributed by atoms with Gasteiger partial charge in [-0.15, -0.1) is 11.3 Å². The standard InChI is InChI=1S/C19H28N2O4S/c22-18(13-17-2-1-11-26-17)21-6-4-15(12-19(23)24)16(14-21)3-5-20-7-9-25-10-8-20/h1-2,11,15-16H,3-10,12-14H2,(H,23,24). The molecule has 3 rings (SSSR count). The molecule has 0 radical (unpaired) electrons. The Hall–Kier alpha value is -1.44. The minimum atomic E-state index is -0.732. The van der Waals surface area contributed by atoms with Gasteiger partial charge in [-0.2, -0.15) is 0 Å². The van der Waals surface area contributed by atoms with E-state index in [2.05, 4.69) is 4.90 Å². The van der Waals surface area contributed by atoms with Gasteiger partial charge in [-0.1, -0.05) is 6.07 Å². The molecule has 0 aromatic carbocycles. The Kier molecular flexibility index (Phi) is 7.05. The summed E-state index contributed by atoms with van der Waals surface area (Å²) in [5, 5.41) is 11.2. The second-order valence-electron chi connectivity index (χ2n) is 7.25. The quantitative estimate of drug-likeness (QED) is 0.783. The molecule has 7 heteroatoms. The smallest absolute Gasteiger partial charge is 0.303 e. The van der Waals surface area contributed by atoms with Crippen LogP contribution in [0.5, 0.6) is 0 Å². The fraction of sp³-hybridized carbons (Fsp3) is 0.684. The molecule has 26 heavy (non-hydrogen) atoms. The van der Waals surface area contributed by atoms with E-state index in [0.717, 1.165) is 50.6 Å². The van der Waals surface area contributed by atoms with E-state index in [1.807, 2.05) is 22.4 Å². The van der Waals surface area contributed by atoms with Crippen LogP contribution in [-0.4, -0.2) is 72.7 Å². The van der Waals surface area contributed by atoms with Crippen LogP contribution in [0.1, 0.15) is 24.1 Å². The summed E-state index contributed by atoms with van der Waals surface area (Å²) in [6.45, 7) is 5.75. The maximum atomic E-state index is 12.6. The molecule has 1 N–H and O–H groups in total. The number of hydrogen-bond acceptors (Lipinski definition) is 5. The molecule has 6 nitrogen and oxygen atoms in total. The van der Waals surface area contributed by atoms with Crippen molar-refractivity contribution in [1.82, 2.24) is 9.80 Å². The Morgan fingerprint density at radius 1 is 1.23 bits per heavy atom. The number of morpholine rings is 1. The summed E-state index contributed by atoms with van der Waals surface area (Å²) in [6, 6.07) is 3.97. The summed E-state index contributed by atoms with van der Waals surface area (Å²) in [4.78, 5) is 29.3. The van der Waals surface area contributed by atoms with Crippen LogP contribution in [0.25, 0.3) is 0 Å². The van der Waals surface area contributed by atoms with Crippen LogP contribution in [0.2, 0.25) is 0 Å². The number of likely N-dealkylation sites (tertiary alicyclic amines) is 1. The van der Waals surface area contributed by atoms with E-state index in [9.17, 15) is 14.7 Å². The lowest BCUT2D eigenvalue weighted by Crippen LogP contribution is -2.46. The second-order valence-corrected chi connectivity index (χ2v) is 8.28. The third-order valence-corrected chi connectivity index (χ3v) is 6.38. The maximum Gasteiger partial charge on any atom is 0.303 e. The van der Waals surface area contributed by atoms with E-state index in [4.69, 9.17) is 4.74 Å². The van der Waals surface area contributed by atoms with E-state index in [-0.39, 0.29) is 24.2 Å². The predicted octanol–water partition coefficient (Wildman–Crippen LogP) is 1.95. The van der Waals surface area contributed by atoms with Gasteiger partial charge in [-0.05, 0) is 42.7 Å². The number of hydrogen-bond donors (Lipinski definition) is 1. The highest BCUT2D eigenvalue weighted by atomic mass is 32.1. The van der Waals surface area contributed by atoms with Gasteiger partial charge < -0.3 is 14.7 Å². The molecule has 2 aliphatic heterocycles. The zero-order valence-electron chi connectivity index (χ0n) is 15.1. The number of aliphatic carboxylic acids is 1. The number of nitrogens with zero attached hydrogens (tertiary/aromatic N) is 2. The molecule has 2 fully saturated rings. The first-order chi connectivity index (χ1) is 12.6. The summed E-state index contributed by atoms with van der Waals surface area (Å²) in [5.41, 5.74) is 0. The molecule has 2 atom stereocenters. The molecule has 0 aliphatic carbocycles. The van der Waals surface area contributed by atoms with E-state index < -0.39 is 5.97 Å². The number of rotatable bonds is 7. The van der Waals surface area contributed by atoms with Crippen LogP contribution in [0.4, 0.5) is 0 Å². The summed E-state index contributed by atoms with van der Waals surface area (Å²) in [6.07, 6.45) is 2.40. The van der Waals surface area contributed by atoms with Gasteiger partial charge >= 0.3 is 5.97 Å². The molecule has 0 spiro atoms. The van der Waals surface area contributed by atoms with E-state index in [1.165, 1.54) is 0 Å². The van der Waals surface area contributed by atoms with Crippen molar-refractivity contribution in [3.63, 3.8) is 0 Å². The Morgan fingerprint density at radius 2 is 2.04 bits per heavy atom. The number of carbonyl (C=O) groups is 2. The Morgan fingerprint density at radius 3 is 2.73 bits per heavy atom. The number of carboxylic acids is 1. The number of piperidine rings is 1. The van der Waals surface area contributed by atoms with Crippen molar-refractivity contribution in [3.8, 4) is 0 Å². The van der Waals surface area contributed by atoms with Crippen molar-refractivity contribution in [2.24, 2.45) is 11.8 Å². The first kappa shape index (κ1) is 19.3. The molecule has 144 valence electrons. The highest BCUT2D eigenvalue weighted by molar-refractivity contribution is 7.10. The van der Waals surface area contributed by atoms with E-state index in [1.54, 1.807) is 11.3 Å². The van der Waals surface area contributed by atoms with Crippen LogP contribution in [0.15, 0.2) is 17.5 Å². The highest BCUT2D eigenvalue weighted by Gasteiger charge is 2.33. The van der Waals surface area contributed by atoms with Gasteiger partial charge in [0.2, 0.25) is 5.91 Å². The van der Waals surface area contributed by atoms with Crippen molar-refractivity contribution >= 4 is 23.2 Å². The summed E-state index contributed by atoms with van der Waals surface area (Å²) < 4.78 is 5.39.